The lowest BCUT2D eigenvalue weighted by molar-refractivity contribution is -0.118. The zero-order chi connectivity index (χ0) is 29.0. The number of anilines is 3. The number of benzene rings is 4. The van der Waals surface area contributed by atoms with Crippen molar-refractivity contribution in [1.29, 1.82) is 0 Å². The Balaban J connectivity index is 1.18. The number of hydrogen-bond acceptors (Lipinski definition) is 6. The molecule has 0 spiro atoms. The van der Waals surface area contributed by atoms with Crippen LogP contribution in [0.1, 0.15) is 15.9 Å². The van der Waals surface area contributed by atoms with Crippen LogP contribution in [0.4, 0.5) is 21.5 Å². The Hall–Kier alpha value is -4.90. The summed E-state index contributed by atoms with van der Waals surface area (Å²) in [5.74, 6) is -0.0832. The van der Waals surface area contributed by atoms with Gasteiger partial charge in [-0.2, -0.15) is 0 Å². The molecule has 41 heavy (non-hydrogen) atoms. The third-order valence-corrected chi connectivity index (χ3v) is 7.84. The summed E-state index contributed by atoms with van der Waals surface area (Å²) < 4.78 is 51.3. The normalized spacial score (nSPS) is 12.4. The van der Waals surface area contributed by atoms with E-state index in [1.165, 1.54) is 36.4 Å². The highest BCUT2D eigenvalue weighted by Crippen LogP contribution is 2.32. The topological polar surface area (TPSA) is 114 Å². The minimum Gasteiger partial charge on any atom is -0.497 e. The van der Waals surface area contributed by atoms with Crippen LogP contribution in [-0.4, -0.2) is 40.5 Å². The average Bonchev–Trinajstić information content (AvgIpc) is 3.40. The van der Waals surface area contributed by atoms with Crippen molar-refractivity contribution in [3.8, 4) is 11.5 Å². The number of fused-ring (bicyclic) bond motifs is 1. The average molecular weight is 576 g/mol. The second-order valence-corrected chi connectivity index (χ2v) is 10.9. The lowest BCUT2D eigenvalue weighted by Crippen LogP contribution is -2.29. The smallest absolute Gasteiger partial charge is 0.262 e. The van der Waals surface area contributed by atoms with Gasteiger partial charge in [-0.25, -0.2) is 12.8 Å². The number of methoxy groups -OCH3 is 1. The molecule has 0 saturated carbocycles. The largest absolute Gasteiger partial charge is 0.497 e. The van der Waals surface area contributed by atoms with Gasteiger partial charge in [0, 0.05) is 29.2 Å². The first-order chi connectivity index (χ1) is 19.7. The molecule has 2 N–H and O–H groups in total. The lowest BCUT2D eigenvalue weighted by atomic mass is 10.1. The number of amides is 2. The number of carbonyl (C=O) groups is 2. The molecule has 0 saturated heterocycles. The van der Waals surface area contributed by atoms with E-state index in [-0.39, 0.29) is 23.1 Å². The van der Waals surface area contributed by atoms with Crippen LogP contribution in [0.2, 0.25) is 0 Å². The highest BCUT2D eigenvalue weighted by atomic mass is 32.2. The first-order valence-electron chi connectivity index (χ1n) is 12.6. The summed E-state index contributed by atoms with van der Waals surface area (Å²) in [5, 5.41) is 2.77. The SMILES string of the molecule is COc1ccc(C(=O)N2CCc3ccc(NC(=O)COc4ccc(S(=O)(=O)Nc5ccc(F)cc5)cc4)cc32)cc1. The van der Waals surface area contributed by atoms with Crippen molar-refractivity contribution in [2.45, 2.75) is 11.3 Å². The molecule has 1 aliphatic heterocycles. The summed E-state index contributed by atoms with van der Waals surface area (Å²) in [4.78, 5) is 27.4. The highest BCUT2D eigenvalue weighted by molar-refractivity contribution is 7.92. The van der Waals surface area contributed by atoms with Crippen LogP contribution < -0.4 is 24.4 Å². The van der Waals surface area contributed by atoms with Crippen molar-refractivity contribution in [3.63, 3.8) is 0 Å². The Kier molecular flexibility index (Phi) is 7.88. The predicted molar refractivity (Wildman–Crippen MR) is 153 cm³/mol. The van der Waals surface area contributed by atoms with Crippen molar-refractivity contribution in [2.24, 2.45) is 0 Å². The Bertz CT molecular complexity index is 1680. The van der Waals surface area contributed by atoms with Gasteiger partial charge in [-0.05, 0) is 96.9 Å². The predicted octanol–water partition coefficient (Wildman–Crippen LogP) is 4.86. The second kappa shape index (κ2) is 11.7. The Morgan fingerprint density at radius 1 is 0.878 bits per heavy atom. The molecule has 0 fully saturated rings. The van der Waals surface area contributed by atoms with E-state index in [4.69, 9.17) is 9.47 Å². The summed E-state index contributed by atoms with van der Waals surface area (Å²) in [7, 11) is -2.33. The van der Waals surface area contributed by atoms with Gasteiger partial charge in [-0.1, -0.05) is 6.07 Å². The van der Waals surface area contributed by atoms with Crippen molar-refractivity contribution in [1.82, 2.24) is 0 Å². The molecule has 2 amide bonds. The van der Waals surface area contributed by atoms with Gasteiger partial charge in [0.25, 0.3) is 21.8 Å². The van der Waals surface area contributed by atoms with E-state index in [1.54, 1.807) is 48.4 Å². The highest BCUT2D eigenvalue weighted by Gasteiger charge is 2.26. The van der Waals surface area contributed by atoms with Crippen LogP contribution in [0.3, 0.4) is 0 Å². The zero-order valence-electron chi connectivity index (χ0n) is 22.0. The summed E-state index contributed by atoms with van der Waals surface area (Å²) in [5.41, 5.74) is 3.01. The Morgan fingerprint density at radius 3 is 2.22 bits per heavy atom. The molecule has 0 unspecified atom stereocenters. The standard InChI is InChI=1S/C30H26FN3O6S/c1-39-25-10-3-21(4-11-25)30(36)34-17-16-20-2-7-24(18-28(20)34)32-29(35)19-40-26-12-14-27(15-13-26)41(37,38)33-23-8-5-22(31)6-9-23/h2-15,18,33H,16-17,19H2,1H3,(H,32,35). The van der Waals surface area contributed by atoms with Gasteiger partial charge in [0.15, 0.2) is 6.61 Å². The van der Waals surface area contributed by atoms with E-state index in [0.717, 1.165) is 23.4 Å². The maximum atomic E-state index is 13.1. The van der Waals surface area contributed by atoms with E-state index >= 15 is 0 Å². The summed E-state index contributed by atoms with van der Waals surface area (Å²) in [6.45, 7) is 0.220. The van der Waals surface area contributed by atoms with Crippen molar-refractivity contribution >= 4 is 38.9 Å². The monoisotopic (exact) mass is 575 g/mol. The van der Waals surface area contributed by atoms with E-state index in [1.807, 2.05) is 6.07 Å². The minimum absolute atomic E-state index is 0.0227. The number of hydrogen-bond donors (Lipinski definition) is 2. The number of carbonyl (C=O) groups excluding carboxylic acids is 2. The zero-order valence-corrected chi connectivity index (χ0v) is 22.8. The summed E-state index contributed by atoms with van der Waals surface area (Å²) >= 11 is 0. The van der Waals surface area contributed by atoms with Crippen LogP contribution >= 0.6 is 0 Å². The van der Waals surface area contributed by atoms with Crippen LogP contribution in [0.15, 0.2) is 95.9 Å². The van der Waals surface area contributed by atoms with Gasteiger partial charge >= 0.3 is 0 Å². The Morgan fingerprint density at radius 2 is 1.54 bits per heavy atom. The minimum atomic E-state index is -3.89. The number of halogens is 1. The fraction of sp³-hybridized carbons (Fsp3) is 0.133. The second-order valence-electron chi connectivity index (χ2n) is 9.20. The third kappa shape index (κ3) is 6.47. The van der Waals surface area contributed by atoms with Gasteiger partial charge in [-0.3, -0.25) is 14.3 Å². The molecule has 1 heterocycles. The third-order valence-electron chi connectivity index (χ3n) is 6.45. The van der Waals surface area contributed by atoms with E-state index in [2.05, 4.69) is 10.0 Å². The van der Waals surface area contributed by atoms with E-state index in [0.29, 0.717) is 35.7 Å². The molecule has 4 aromatic rings. The van der Waals surface area contributed by atoms with Gasteiger partial charge in [0.05, 0.1) is 12.0 Å². The molecule has 0 aromatic heterocycles. The number of sulfonamides is 1. The molecule has 11 heteroatoms. The fourth-order valence-corrected chi connectivity index (χ4v) is 5.41. The molecular formula is C30H26FN3O6S. The molecule has 0 radical (unpaired) electrons. The lowest BCUT2D eigenvalue weighted by Gasteiger charge is -2.18. The maximum Gasteiger partial charge on any atom is 0.262 e. The number of nitrogens with zero attached hydrogens (tertiary/aromatic N) is 1. The van der Waals surface area contributed by atoms with Crippen molar-refractivity contribution in [2.75, 3.05) is 35.2 Å². The fourth-order valence-electron chi connectivity index (χ4n) is 4.35. The molecule has 0 atom stereocenters. The van der Waals surface area contributed by atoms with E-state index in [9.17, 15) is 22.4 Å². The molecular weight excluding hydrogens is 549 g/mol. The van der Waals surface area contributed by atoms with Crippen LogP contribution in [0, 0.1) is 5.82 Å². The van der Waals surface area contributed by atoms with Gasteiger partial charge < -0.3 is 19.7 Å². The number of rotatable bonds is 9. The van der Waals surface area contributed by atoms with Crippen LogP contribution in [0.25, 0.3) is 0 Å². The molecule has 4 aromatic carbocycles. The molecule has 5 rings (SSSR count). The summed E-state index contributed by atoms with van der Waals surface area (Å²) in [6, 6.07) is 22.8. The van der Waals surface area contributed by atoms with Crippen LogP contribution in [0.5, 0.6) is 11.5 Å². The van der Waals surface area contributed by atoms with Crippen molar-refractivity contribution < 1.29 is 31.9 Å². The van der Waals surface area contributed by atoms with Crippen molar-refractivity contribution in [3.05, 3.63) is 108 Å². The van der Waals surface area contributed by atoms with Gasteiger partial charge in [-0.15, -0.1) is 0 Å². The number of nitrogens with one attached hydrogen (secondary N) is 2. The summed E-state index contributed by atoms with van der Waals surface area (Å²) in [6.07, 6.45) is 0.708. The maximum absolute atomic E-state index is 13.1. The Labute approximate surface area is 236 Å². The first kappa shape index (κ1) is 27.7. The first-order valence-corrected chi connectivity index (χ1v) is 14.1. The quantitative estimate of drug-likeness (QED) is 0.295. The molecule has 0 aliphatic carbocycles. The van der Waals surface area contributed by atoms with E-state index < -0.39 is 21.7 Å². The van der Waals surface area contributed by atoms with Gasteiger partial charge in [0.2, 0.25) is 0 Å². The molecule has 9 nitrogen and oxygen atoms in total. The molecule has 1 aliphatic rings. The molecule has 0 bridgehead atoms. The molecule has 210 valence electrons. The van der Waals surface area contributed by atoms with Crippen LogP contribution in [-0.2, 0) is 21.2 Å². The van der Waals surface area contributed by atoms with Gasteiger partial charge in [0.1, 0.15) is 17.3 Å². The number of ether oxygens (including phenoxy) is 2.